The molecule has 0 amide bonds. The van der Waals surface area contributed by atoms with Crippen LogP contribution < -0.4 is 10.1 Å². The lowest BCUT2D eigenvalue weighted by Gasteiger charge is -2.09. The Labute approximate surface area is 121 Å². The van der Waals surface area contributed by atoms with Crippen LogP contribution in [0.5, 0.6) is 11.6 Å². The van der Waals surface area contributed by atoms with Crippen LogP contribution in [0.2, 0.25) is 10.0 Å². The molecule has 1 N–H and O–H groups in total. The summed E-state index contributed by atoms with van der Waals surface area (Å²) in [6.45, 7) is 4.59. The molecule has 0 unspecified atom stereocenters. The number of aryl methyl sites for hydroxylation is 1. The van der Waals surface area contributed by atoms with Crippen molar-refractivity contribution in [2.75, 3.05) is 11.9 Å². The molecule has 0 saturated carbocycles. The van der Waals surface area contributed by atoms with Crippen molar-refractivity contribution in [3.63, 3.8) is 0 Å². The first-order chi connectivity index (χ1) is 9.08. The van der Waals surface area contributed by atoms with Crippen molar-refractivity contribution in [2.45, 2.75) is 13.8 Å². The maximum absolute atomic E-state index is 6.05. The van der Waals surface area contributed by atoms with Gasteiger partial charge in [-0.2, -0.15) is 4.98 Å². The van der Waals surface area contributed by atoms with Gasteiger partial charge in [0.15, 0.2) is 0 Å². The van der Waals surface area contributed by atoms with Crippen LogP contribution in [0, 0.1) is 6.92 Å². The number of rotatable bonds is 4. The van der Waals surface area contributed by atoms with Crippen LogP contribution in [0.4, 0.5) is 5.95 Å². The zero-order valence-corrected chi connectivity index (χ0v) is 12.1. The van der Waals surface area contributed by atoms with E-state index in [9.17, 15) is 0 Å². The predicted molar refractivity (Wildman–Crippen MR) is 77.5 cm³/mol. The summed E-state index contributed by atoms with van der Waals surface area (Å²) in [5.74, 6) is 1.47. The summed E-state index contributed by atoms with van der Waals surface area (Å²) in [7, 11) is 0. The van der Waals surface area contributed by atoms with Crippen molar-refractivity contribution < 1.29 is 4.74 Å². The maximum atomic E-state index is 6.05. The standard InChI is InChI=1S/C13H13Cl2N3O/c1-3-16-13-17-8(2)6-12(18-13)19-11-5-4-9(14)7-10(11)15/h4-7H,3H2,1-2H3,(H,16,17,18). The van der Waals surface area contributed by atoms with Crippen LogP contribution in [0.3, 0.4) is 0 Å². The highest BCUT2D eigenvalue weighted by molar-refractivity contribution is 6.35. The molecule has 0 radical (unpaired) electrons. The molecule has 2 aromatic rings. The second-order valence-corrected chi connectivity index (χ2v) is 4.72. The molecule has 0 atom stereocenters. The molecule has 0 aliphatic carbocycles. The third kappa shape index (κ3) is 3.72. The van der Waals surface area contributed by atoms with Gasteiger partial charge in [0.2, 0.25) is 11.8 Å². The number of hydrogen-bond donors (Lipinski definition) is 1. The fraction of sp³-hybridized carbons (Fsp3) is 0.231. The number of hydrogen-bond acceptors (Lipinski definition) is 4. The molecule has 19 heavy (non-hydrogen) atoms. The van der Waals surface area contributed by atoms with E-state index in [1.54, 1.807) is 24.3 Å². The molecule has 0 fully saturated rings. The minimum Gasteiger partial charge on any atom is -0.437 e. The predicted octanol–water partition coefficient (Wildman–Crippen LogP) is 4.32. The van der Waals surface area contributed by atoms with Crippen LogP contribution >= 0.6 is 23.2 Å². The van der Waals surface area contributed by atoms with Crippen LogP contribution in [0.25, 0.3) is 0 Å². The minimum absolute atomic E-state index is 0.438. The maximum Gasteiger partial charge on any atom is 0.226 e. The van der Waals surface area contributed by atoms with Crippen molar-refractivity contribution in [3.8, 4) is 11.6 Å². The van der Waals surface area contributed by atoms with Crippen molar-refractivity contribution in [1.29, 1.82) is 0 Å². The first kappa shape index (κ1) is 13.9. The van der Waals surface area contributed by atoms with Gasteiger partial charge in [0, 0.05) is 23.3 Å². The van der Waals surface area contributed by atoms with Crippen LogP contribution in [0.1, 0.15) is 12.6 Å². The number of aromatic nitrogens is 2. The fourth-order valence-electron chi connectivity index (χ4n) is 1.50. The van der Waals surface area contributed by atoms with Gasteiger partial charge in [-0.25, -0.2) is 4.98 Å². The van der Waals surface area contributed by atoms with E-state index in [-0.39, 0.29) is 0 Å². The van der Waals surface area contributed by atoms with Gasteiger partial charge in [0.25, 0.3) is 0 Å². The lowest BCUT2D eigenvalue weighted by atomic mass is 10.3. The number of ether oxygens (including phenoxy) is 1. The third-order valence-corrected chi connectivity index (χ3v) is 2.80. The van der Waals surface area contributed by atoms with E-state index in [1.165, 1.54) is 0 Å². The Hall–Kier alpha value is -1.52. The molecule has 0 aliphatic rings. The summed E-state index contributed by atoms with van der Waals surface area (Å²) in [6, 6.07) is 6.78. The highest BCUT2D eigenvalue weighted by Crippen LogP contribution is 2.31. The molecule has 1 aromatic carbocycles. The van der Waals surface area contributed by atoms with Gasteiger partial charge in [0.05, 0.1) is 5.02 Å². The summed E-state index contributed by atoms with van der Waals surface area (Å²) < 4.78 is 5.65. The molecule has 1 aromatic heterocycles. The molecule has 0 spiro atoms. The molecular formula is C13H13Cl2N3O. The second kappa shape index (κ2) is 6.08. The van der Waals surface area contributed by atoms with Crippen molar-refractivity contribution in [1.82, 2.24) is 9.97 Å². The van der Waals surface area contributed by atoms with E-state index < -0.39 is 0 Å². The summed E-state index contributed by atoms with van der Waals surface area (Å²) in [4.78, 5) is 8.49. The Bertz CT molecular complexity index is 590. The molecule has 0 saturated heterocycles. The SMILES string of the molecule is CCNc1nc(C)cc(Oc2ccc(Cl)cc2Cl)n1. The van der Waals surface area contributed by atoms with Crippen LogP contribution in [-0.2, 0) is 0 Å². The van der Waals surface area contributed by atoms with Gasteiger partial charge >= 0.3 is 0 Å². The van der Waals surface area contributed by atoms with Crippen LogP contribution in [-0.4, -0.2) is 16.5 Å². The van der Waals surface area contributed by atoms with Gasteiger partial charge in [-0.3, -0.25) is 0 Å². The Morgan fingerprint density at radius 3 is 2.68 bits per heavy atom. The first-order valence-electron chi connectivity index (χ1n) is 5.81. The lowest BCUT2D eigenvalue weighted by Crippen LogP contribution is -2.04. The van der Waals surface area contributed by atoms with Gasteiger partial charge in [-0.05, 0) is 32.0 Å². The molecule has 100 valence electrons. The molecule has 2 rings (SSSR count). The summed E-state index contributed by atoms with van der Waals surface area (Å²) >= 11 is 11.9. The Morgan fingerprint density at radius 2 is 2.00 bits per heavy atom. The summed E-state index contributed by atoms with van der Waals surface area (Å²) in [5.41, 5.74) is 0.811. The van der Waals surface area contributed by atoms with E-state index in [1.807, 2.05) is 13.8 Å². The molecule has 0 aliphatic heterocycles. The summed E-state index contributed by atoms with van der Waals surface area (Å²) in [5, 5.41) is 4.04. The minimum atomic E-state index is 0.438. The number of nitrogens with zero attached hydrogens (tertiary/aromatic N) is 2. The number of anilines is 1. The van der Waals surface area contributed by atoms with E-state index in [0.717, 1.165) is 12.2 Å². The highest BCUT2D eigenvalue weighted by atomic mass is 35.5. The van der Waals surface area contributed by atoms with E-state index >= 15 is 0 Å². The average Bonchev–Trinajstić information content (AvgIpc) is 2.32. The Morgan fingerprint density at radius 1 is 1.21 bits per heavy atom. The topological polar surface area (TPSA) is 47.0 Å². The third-order valence-electron chi connectivity index (χ3n) is 2.27. The van der Waals surface area contributed by atoms with Gasteiger partial charge in [-0.1, -0.05) is 23.2 Å². The Kier molecular flexibility index (Phi) is 4.45. The first-order valence-corrected chi connectivity index (χ1v) is 6.56. The summed E-state index contributed by atoms with van der Waals surface area (Å²) in [6.07, 6.45) is 0. The van der Waals surface area contributed by atoms with Crippen LogP contribution in [0.15, 0.2) is 24.3 Å². The lowest BCUT2D eigenvalue weighted by molar-refractivity contribution is 0.462. The molecule has 1 heterocycles. The van der Waals surface area contributed by atoms with Gasteiger partial charge < -0.3 is 10.1 Å². The largest absolute Gasteiger partial charge is 0.437 e. The van der Waals surface area contributed by atoms with Crippen molar-refractivity contribution in [2.24, 2.45) is 0 Å². The van der Waals surface area contributed by atoms with Crippen molar-refractivity contribution >= 4 is 29.2 Å². The second-order valence-electron chi connectivity index (χ2n) is 3.88. The molecular weight excluding hydrogens is 285 g/mol. The Balaban J connectivity index is 2.27. The average molecular weight is 298 g/mol. The zero-order chi connectivity index (χ0) is 13.8. The smallest absolute Gasteiger partial charge is 0.226 e. The van der Waals surface area contributed by atoms with E-state index in [0.29, 0.717) is 27.6 Å². The molecule has 4 nitrogen and oxygen atoms in total. The quantitative estimate of drug-likeness (QED) is 0.913. The van der Waals surface area contributed by atoms with E-state index in [2.05, 4.69) is 15.3 Å². The molecule has 0 bridgehead atoms. The zero-order valence-electron chi connectivity index (χ0n) is 10.6. The highest BCUT2D eigenvalue weighted by Gasteiger charge is 2.07. The van der Waals surface area contributed by atoms with Crippen molar-refractivity contribution in [3.05, 3.63) is 40.0 Å². The van der Waals surface area contributed by atoms with Gasteiger partial charge in [-0.15, -0.1) is 0 Å². The fourth-order valence-corrected chi connectivity index (χ4v) is 1.95. The number of benzene rings is 1. The number of halogens is 2. The molecule has 6 heteroatoms. The van der Waals surface area contributed by atoms with E-state index in [4.69, 9.17) is 27.9 Å². The number of nitrogens with one attached hydrogen (secondary N) is 1. The normalized spacial score (nSPS) is 10.3. The monoisotopic (exact) mass is 297 g/mol. The van der Waals surface area contributed by atoms with Gasteiger partial charge in [0.1, 0.15) is 5.75 Å².